The number of fused-ring (bicyclic) bond motifs is 1. The molecular weight excluding hydrogens is 204 g/mol. The summed E-state index contributed by atoms with van der Waals surface area (Å²) in [6.45, 7) is 0. The minimum atomic E-state index is -0.337. The van der Waals surface area contributed by atoms with E-state index in [1.54, 1.807) is 29.2 Å². The molecule has 0 unspecified atom stereocenters. The van der Waals surface area contributed by atoms with Gasteiger partial charge in [-0.25, -0.2) is 9.78 Å². The SMILES string of the molecule is COC(=O)c1ccc2cncn2c1.Cl. The van der Waals surface area contributed by atoms with E-state index < -0.39 is 0 Å². The Bertz CT molecular complexity index is 453. The number of hydrogen-bond donors (Lipinski definition) is 0. The van der Waals surface area contributed by atoms with Crippen LogP contribution in [-0.2, 0) is 4.74 Å². The average molecular weight is 213 g/mol. The largest absolute Gasteiger partial charge is 0.465 e. The topological polar surface area (TPSA) is 43.6 Å². The van der Waals surface area contributed by atoms with Crippen LogP contribution in [0.5, 0.6) is 0 Å². The highest BCUT2D eigenvalue weighted by Crippen LogP contribution is 2.06. The molecule has 0 bridgehead atoms. The number of halogens is 1. The van der Waals surface area contributed by atoms with Crippen molar-refractivity contribution in [2.75, 3.05) is 7.11 Å². The Kier molecular flexibility index (Phi) is 3.09. The Morgan fingerprint density at radius 3 is 3.00 bits per heavy atom. The van der Waals surface area contributed by atoms with Crippen LogP contribution in [0.2, 0.25) is 0 Å². The van der Waals surface area contributed by atoms with Crippen molar-refractivity contribution in [3.8, 4) is 0 Å². The zero-order valence-corrected chi connectivity index (χ0v) is 8.32. The molecule has 0 spiro atoms. The lowest BCUT2D eigenvalue weighted by molar-refractivity contribution is 0.0600. The molecule has 14 heavy (non-hydrogen) atoms. The fourth-order valence-corrected chi connectivity index (χ4v) is 1.16. The van der Waals surface area contributed by atoms with Gasteiger partial charge in [-0.3, -0.25) is 0 Å². The molecule has 2 aromatic rings. The molecule has 0 radical (unpaired) electrons. The second-order valence-electron chi connectivity index (χ2n) is 2.64. The van der Waals surface area contributed by atoms with Gasteiger partial charge in [-0.05, 0) is 12.1 Å². The van der Waals surface area contributed by atoms with Gasteiger partial charge in [0.15, 0.2) is 0 Å². The quantitative estimate of drug-likeness (QED) is 0.674. The van der Waals surface area contributed by atoms with Crippen molar-refractivity contribution >= 4 is 23.9 Å². The molecule has 0 aliphatic rings. The van der Waals surface area contributed by atoms with Crippen molar-refractivity contribution in [2.45, 2.75) is 0 Å². The smallest absolute Gasteiger partial charge is 0.339 e. The van der Waals surface area contributed by atoms with E-state index >= 15 is 0 Å². The van der Waals surface area contributed by atoms with Crippen molar-refractivity contribution in [3.05, 3.63) is 36.4 Å². The third-order valence-electron chi connectivity index (χ3n) is 1.83. The number of rotatable bonds is 1. The van der Waals surface area contributed by atoms with E-state index in [1.807, 2.05) is 6.07 Å². The second-order valence-corrected chi connectivity index (χ2v) is 2.64. The van der Waals surface area contributed by atoms with E-state index in [1.165, 1.54) is 7.11 Å². The molecule has 0 atom stereocenters. The van der Waals surface area contributed by atoms with Crippen LogP contribution in [0.4, 0.5) is 0 Å². The van der Waals surface area contributed by atoms with Crippen LogP contribution in [0.3, 0.4) is 0 Å². The summed E-state index contributed by atoms with van der Waals surface area (Å²) in [7, 11) is 1.36. The van der Waals surface area contributed by atoms with Gasteiger partial charge >= 0.3 is 5.97 Å². The number of aromatic nitrogens is 2. The predicted molar refractivity (Wildman–Crippen MR) is 53.8 cm³/mol. The maximum Gasteiger partial charge on any atom is 0.339 e. The number of pyridine rings is 1. The van der Waals surface area contributed by atoms with Crippen molar-refractivity contribution in [2.24, 2.45) is 0 Å². The molecule has 2 aromatic heterocycles. The number of nitrogens with zero attached hydrogens (tertiary/aromatic N) is 2. The van der Waals surface area contributed by atoms with Crippen molar-refractivity contribution in [1.29, 1.82) is 0 Å². The summed E-state index contributed by atoms with van der Waals surface area (Å²) in [6.07, 6.45) is 5.05. The van der Waals surface area contributed by atoms with Gasteiger partial charge in [0.25, 0.3) is 0 Å². The summed E-state index contributed by atoms with van der Waals surface area (Å²) in [5, 5.41) is 0. The number of carbonyl (C=O) groups is 1. The fourth-order valence-electron chi connectivity index (χ4n) is 1.16. The standard InChI is InChI=1S/C9H8N2O2.ClH/c1-13-9(12)7-2-3-8-4-10-6-11(8)5-7;/h2-6H,1H3;1H. The zero-order valence-electron chi connectivity index (χ0n) is 7.51. The maximum atomic E-state index is 11.1. The second kappa shape index (κ2) is 4.11. The van der Waals surface area contributed by atoms with Crippen LogP contribution in [-0.4, -0.2) is 22.5 Å². The van der Waals surface area contributed by atoms with E-state index in [0.29, 0.717) is 5.56 Å². The minimum Gasteiger partial charge on any atom is -0.465 e. The number of imidazole rings is 1. The van der Waals surface area contributed by atoms with Gasteiger partial charge in [0.05, 0.1) is 30.7 Å². The van der Waals surface area contributed by atoms with Gasteiger partial charge < -0.3 is 9.14 Å². The molecule has 0 N–H and O–H groups in total. The number of ether oxygens (including phenoxy) is 1. The minimum absolute atomic E-state index is 0. The monoisotopic (exact) mass is 212 g/mol. The van der Waals surface area contributed by atoms with Crippen LogP contribution in [0.15, 0.2) is 30.9 Å². The average Bonchev–Trinajstić information content (AvgIpc) is 2.63. The summed E-state index contributed by atoms with van der Waals surface area (Å²) >= 11 is 0. The first-order valence-corrected chi connectivity index (χ1v) is 3.81. The number of carbonyl (C=O) groups excluding carboxylic acids is 1. The van der Waals surface area contributed by atoms with Crippen molar-refractivity contribution < 1.29 is 9.53 Å². The van der Waals surface area contributed by atoms with Crippen LogP contribution in [0.1, 0.15) is 10.4 Å². The molecule has 5 heteroatoms. The van der Waals surface area contributed by atoms with Crippen LogP contribution >= 0.6 is 12.4 Å². The van der Waals surface area contributed by atoms with E-state index in [0.717, 1.165) is 5.52 Å². The molecule has 0 aromatic carbocycles. The molecule has 0 aliphatic heterocycles. The van der Waals surface area contributed by atoms with Gasteiger partial charge in [-0.1, -0.05) is 0 Å². The third kappa shape index (κ3) is 1.70. The first kappa shape index (κ1) is 10.5. The lowest BCUT2D eigenvalue weighted by Gasteiger charge is -1.99. The van der Waals surface area contributed by atoms with E-state index in [2.05, 4.69) is 9.72 Å². The molecule has 2 rings (SSSR count). The highest BCUT2D eigenvalue weighted by Gasteiger charge is 2.05. The molecule has 0 saturated carbocycles. The summed E-state index contributed by atoms with van der Waals surface area (Å²) in [5.41, 5.74) is 1.47. The predicted octanol–water partition coefficient (Wildman–Crippen LogP) is 1.54. The maximum absolute atomic E-state index is 11.1. The van der Waals surface area contributed by atoms with Crippen molar-refractivity contribution in [3.63, 3.8) is 0 Å². The van der Waals surface area contributed by atoms with Gasteiger partial charge in [0.1, 0.15) is 0 Å². The lowest BCUT2D eigenvalue weighted by atomic mass is 10.3. The molecule has 0 saturated heterocycles. The normalized spacial score (nSPS) is 9.50. The highest BCUT2D eigenvalue weighted by atomic mass is 35.5. The Hall–Kier alpha value is -1.55. The number of esters is 1. The van der Waals surface area contributed by atoms with Gasteiger partial charge in [0.2, 0.25) is 0 Å². The Morgan fingerprint density at radius 2 is 2.29 bits per heavy atom. The van der Waals surface area contributed by atoms with Crippen molar-refractivity contribution in [1.82, 2.24) is 9.38 Å². The molecule has 0 fully saturated rings. The number of methoxy groups -OCH3 is 1. The molecule has 0 aliphatic carbocycles. The van der Waals surface area contributed by atoms with Gasteiger partial charge in [-0.2, -0.15) is 0 Å². The fraction of sp³-hybridized carbons (Fsp3) is 0.111. The van der Waals surface area contributed by atoms with E-state index in [9.17, 15) is 4.79 Å². The van der Waals surface area contributed by atoms with Crippen LogP contribution in [0.25, 0.3) is 5.52 Å². The summed E-state index contributed by atoms with van der Waals surface area (Å²) < 4.78 is 6.36. The molecule has 2 heterocycles. The lowest BCUT2D eigenvalue weighted by Crippen LogP contribution is -2.02. The highest BCUT2D eigenvalue weighted by molar-refractivity contribution is 5.89. The summed E-state index contributed by atoms with van der Waals surface area (Å²) in [6, 6.07) is 3.53. The molecular formula is C9H9ClN2O2. The Morgan fingerprint density at radius 1 is 1.50 bits per heavy atom. The summed E-state index contributed by atoms with van der Waals surface area (Å²) in [5.74, 6) is -0.337. The Balaban J connectivity index is 0.000000980. The van der Waals surface area contributed by atoms with Gasteiger partial charge in [-0.15, -0.1) is 12.4 Å². The van der Waals surface area contributed by atoms with Crippen LogP contribution in [0, 0.1) is 0 Å². The van der Waals surface area contributed by atoms with E-state index in [4.69, 9.17) is 0 Å². The first-order chi connectivity index (χ1) is 6.31. The Labute approximate surface area is 86.9 Å². The first-order valence-electron chi connectivity index (χ1n) is 3.81. The molecule has 4 nitrogen and oxygen atoms in total. The van der Waals surface area contributed by atoms with Gasteiger partial charge in [0, 0.05) is 6.20 Å². The number of hydrogen-bond acceptors (Lipinski definition) is 3. The zero-order chi connectivity index (χ0) is 9.26. The molecule has 0 amide bonds. The van der Waals surface area contributed by atoms with E-state index in [-0.39, 0.29) is 18.4 Å². The summed E-state index contributed by atoms with van der Waals surface area (Å²) in [4.78, 5) is 15.1. The third-order valence-corrected chi connectivity index (χ3v) is 1.83. The van der Waals surface area contributed by atoms with Crippen LogP contribution < -0.4 is 0 Å². The molecule has 74 valence electrons.